The average Bonchev–Trinajstić information content (AvgIpc) is 2.95. The number of hydrogen-bond donors (Lipinski definition) is 1. The monoisotopic (exact) mass is 307 g/mol. The van der Waals surface area contributed by atoms with Crippen molar-refractivity contribution in [3.63, 3.8) is 0 Å². The first-order chi connectivity index (χ1) is 8.24. The van der Waals surface area contributed by atoms with Crippen LogP contribution in [0.3, 0.4) is 0 Å². The lowest BCUT2D eigenvalue weighted by Gasteiger charge is -2.11. The van der Waals surface area contributed by atoms with E-state index in [0.29, 0.717) is 0 Å². The maximum absolute atomic E-state index is 6.31. The molecule has 1 atom stereocenters. The van der Waals surface area contributed by atoms with Crippen LogP contribution in [0.2, 0.25) is 0 Å². The first kappa shape index (κ1) is 11.5. The van der Waals surface area contributed by atoms with E-state index in [1.807, 2.05) is 0 Å². The van der Waals surface area contributed by atoms with Crippen LogP contribution in [-0.2, 0) is 12.8 Å². The molecule has 0 saturated carbocycles. The number of halogens is 1. The van der Waals surface area contributed by atoms with E-state index < -0.39 is 0 Å². The van der Waals surface area contributed by atoms with Crippen LogP contribution < -0.4 is 5.73 Å². The van der Waals surface area contributed by atoms with Gasteiger partial charge in [-0.1, -0.05) is 18.2 Å². The molecule has 2 N–H and O–H groups in total. The topological polar surface area (TPSA) is 26.0 Å². The van der Waals surface area contributed by atoms with Crippen LogP contribution in [0.25, 0.3) is 0 Å². The third-order valence-corrected chi connectivity index (χ3v) is 5.09. The van der Waals surface area contributed by atoms with E-state index in [9.17, 15) is 0 Å². The van der Waals surface area contributed by atoms with E-state index in [1.54, 1.807) is 11.3 Å². The molecule has 0 bridgehead atoms. The van der Waals surface area contributed by atoms with E-state index in [1.165, 1.54) is 40.8 Å². The predicted octanol–water partition coefficient (Wildman–Crippen LogP) is 4.05. The number of nitrogens with two attached hydrogens (primary N) is 1. The van der Waals surface area contributed by atoms with Gasteiger partial charge in [-0.2, -0.15) is 0 Å². The number of aryl methyl sites for hydroxylation is 2. The quantitative estimate of drug-likeness (QED) is 0.890. The van der Waals surface area contributed by atoms with Gasteiger partial charge in [-0.05, 0) is 64.0 Å². The molecule has 2 aromatic rings. The van der Waals surface area contributed by atoms with Gasteiger partial charge < -0.3 is 5.73 Å². The SMILES string of the molecule is NC(c1ccc2c(c1)CCC2)c1ccc(Br)s1. The smallest absolute Gasteiger partial charge is 0.0702 e. The maximum Gasteiger partial charge on any atom is 0.0702 e. The van der Waals surface area contributed by atoms with E-state index in [0.717, 1.165) is 3.79 Å². The van der Waals surface area contributed by atoms with Crippen LogP contribution in [0.4, 0.5) is 0 Å². The number of fused-ring (bicyclic) bond motifs is 1. The minimum atomic E-state index is 0.0113. The van der Waals surface area contributed by atoms with Gasteiger partial charge in [-0.3, -0.25) is 0 Å². The Hall–Kier alpha value is -0.640. The zero-order valence-corrected chi connectivity index (χ0v) is 11.9. The average molecular weight is 308 g/mol. The van der Waals surface area contributed by atoms with E-state index in [2.05, 4.69) is 46.3 Å². The first-order valence-electron chi connectivity index (χ1n) is 5.86. The van der Waals surface area contributed by atoms with Crippen LogP contribution in [0.1, 0.15) is 34.0 Å². The lowest BCUT2D eigenvalue weighted by molar-refractivity contribution is 0.887. The zero-order valence-electron chi connectivity index (χ0n) is 9.45. The molecule has 88 valence electrons. The van der Waals surface area contributed by atoms with Gasteiger partial charge in [-0.25, -0.2) is 0 Å². The van der Waals surface area contributed by atoms with Gasteiger partial charge in [0.25, 0.3) is 0 Å². The Balaban J connectivity index is 1.94. The van der Waals surface area contributed by atoms with Crippen molar-refractivity contribution >= 4 is 27.3 Å². The Bertz CT molecular complexity index is 547. The van der Waals surface area contributed by atoms with Gasteiger partial charge in [0.2, 0.25) is 0 Å². The summed E-state index contributed by atoms with van der Waals surface area (Å²) in [6.07, 6.45) is 3.73. The largest absolute Gasteiger partial charge is 0.320 e. The van der Waals surface area contributed by atoms with Crippen molar-refractivity contribution in [2.75, 3.05) is 0 Å². The van der Waals surface area contributed by atoms with Gasteiger partial charge in [0.1, 0.15) is 0 Å². The Morgan fingerprint density at radius 3 is 2.71 bits per heavy atom. The Labute approximate surface area is 114 Å². The first-order valence-corrected chi connectivity index (χ1v) is 7.47. The molecule has 0 spiro atoms. The Morgan fingerprint density at radius 1 is 1.12 bits per heavy atom. The molecular weight excluding hydrogens is 294 g/mol. The molecule has 1 aliphatic rings. The zero-order chi connectivity index (χ0) is 11.8. The molecule has 1 heterocycles. The summed E-state index contributed by atoms with van der Waals surface area (Å²) in [6, 6.07) is 10.9. The van der Waals surface area contributed by atoms with Gasteiger partial charge in [-0.15, -0.1) is 11.3 Å². The van der Waals surface area contributed by atoms with Crippen LogP contribution in [-0.4, -0.2) is 0 Å². The summed E-state index contributed by atoms with van der Waals surface area (Å²) < 4.78 is 1.14. The van der Waals surface area contributed by atoms with Crippen LogP contribution in [0, 0.1) is 0 Å². The number of benzene rings is 1. The highest BCUT2D eigenvalue weighted by Gasteiger charge is 2.15. The standard InChI is InChI=1S/C14H14BrNS/c15-13-7-6-12(17-13)14(16)11-5-4-9-2-1-3-10(9)8-11/h4-8,14H,1-3,16H2. The summed E-state index contributed by atoms with van der Waals surface area (Å²) in [5.41, 5.74) is 10.6. The highest BCUT2D eigenvalue weighted by Crippen LogP contribution is 2.32. The minimum Gasteiger partial charge on any atom is -0.320 e. The number of hydrogen-bond acceptors (Lipinski definition) is 2. The lowest BCUT2D eigenvalue weighted by atomic mass is 10.0. The summed E-state index contributed by atoms with van der Waals surface area (Å²) in [5, 5.41) is 0. The number of rotatable bonds is 2. The summed E-state index contributed by atoms with van der Waals surface area (Å²) in [7, 11) is 0. The summed E-state index contributed by atoms with van der Waals surface area (Å²) in [4.78, 5) is 1.22. The summed E-state index contributed by atoms with van der Waals surface area (Å²) in [6.45, 7) is 0. The van der Waals surface area contributed by atoms with Crippen LogP contribution >= 0.6 is 27.3 Å². The maximum atomic E-state index is 6.31. The van der Waals surface area contributed by atoms with Gasteiger partial charge >= 0.3 is 0 Å². The second-order valence-electron chi connectivity index (χ2n) is 4.50. The molecule has 1 nitrogen and oxygen atoms in total. The molecule has 0 amide bonds. The molecule has 3 rings (SSSR count). The highest BCUT2D eigenvalue weighted by molar-refractivity contribution is 9.11. The van der Waals surface area contributed by atoms with Crippen molar-refractivity contribution < 1.29 is 0 Å². The van der Waals surface area contributed by atoms with E-state index >= 15 is 0 Å². The third-order valence-electron chi connectivity index (χ3n) is 3.38. The molecule has 1 aromatic carbocycles. The molecule has 3 heteroatoms. The summed E-state index contributed by atoms with van der Waals surface area (Å²) >= 11 is 5.20. The fourth-order valence-corrected chi connectivity index (χ4v) is 3.90. The molecule has 0 radical (unpaired) electrons. The van der Waals surface area contributed by atoms with Crippen LogP contribution in [0.5, 0.6) is 0 Å². The highest BCUT2D eigenvalue weighted by atomic mass is 79.9. The van der Waals surface area contributed by atoms with Crippen LogP contribution in [0.15, 0.2) is 34.1 Å². The van der Waals surface area contributed by atoms with Crippen molar-refractivity contribution in [1.82, 2.24) is 0 Å². The molecule has 0 aliphatic heterocycles. The molecule has 1 aliphatic carbocycles. The normalized spacial score (nSPS) is 15.9. The Kier molecular flexibility index (Phi) is 3.07. The number of thiophene rings is 1. The second kappa shape index (κ2) is 4.56. The van der Waals surface area contributed by atoms with E-state index in [-0.39, 0.29) is 6.04 Å². The molecule has 17 heavy (non-hydrogen) atoms. The van der Waals surface area contributed by atoms with Crippen molar-refractivity contribution in [3.05, 3.63) is 55.7 Å². The van der Waals surface area contributed by atoms with Gasteiger partial charge in [0, 0.05) is 4.88 Å². The lowest BCUT2D eigenvalue weighted by Crippen LogP contribution is -2.10. The molecule has 1 unspecified atom stereocenters. The van der Waals surface area contributed by atoms with Crippen molar-refractivity contribution in [2.24, 2.45) is 5.73 Å². The van der Waals surface area contributed by atoms with Crippen molar-refractivity contribution in [1.29, 1.82) is 0 Å². The fraction of sp³-hybridized carbons (Fsp3) is 0.286. The molecular formula is C14H14BrNS. The van der Waals surface area contributed by atoms with Crippen molar-refractivity contribution in [2.45, 2.75) is 25.3 Å². The van der Waals surface area contributed by atoms with E-state index in [4.69, 9.17) is 5.73 Å². The summed E-state index contributed by atoms with van der Waals surface area (Å²) in [5.74, 6) is 0. The molecule has 1 aromatic heterocycles. The Morgan fingerprint density at radius 2 is 1.94 bits per heavy atom. The predicted molar refractivity (Wildman–Crippen MR) is 76.5 cm³/mol. The molecule has 0 saturated heterocycles. The third kappa shape index (κ3) is 2.19. The van der Waals surface area contributed by atoms with Crippen molar-refractivity contribution in [3.8, 4) is 0 Å². The minimum absolute atomic E-state index is 0.0113. The van der Waals surface area contributed by atoms with Gasteiger partial charge in [0.15, 0.2) is 0 Å². The van der Waals surface area contributed by atoms with Gasteiger partial charge in [0.05, 0.1) is 9.83 Å². The second-order valence-corrected chi connectivity index (χ2v) is 7.00. The fourth-order valence-electron chi connectivity index (χ4n) is 2.44. The molecule has 0 fully saturated rings.